The number of carboxylic acids is 1. The van der Waals surface area contributed by atoms with Gasteiger partial charge < -0.3 is 5.11 Å². The van der Waals surface area contributed by atoms with Crippen LogP contribution in [0.3, 0.4) is 0 Å². The van der Waals surface area contributed by atoms with E-state index in [1.165, 1.54) is 44.6 Å². The van der Waals surface area contributed by atoms with Gasteiger partial charge in [0.25, 0.3) is 0 Å². The molecule has 0 heterocycles. The minimum absolute atomic E-state index is 0.00412. The van der Waals surface area contributed by atoms with E-state index >= 15 is 4.39 Å². The quantitative estimate of drug-likeness (QED) is 0.548. The van der Waals surface area contributed by atoms with Crippen LogP contribution in [0.25, 0.3) is 10.8 Å². The molecule has 0 aromatic heterocycles. The second-order valence-corrected chi connectivity index (χ2v) is 9.28. The van der Waals surface area contributed by atoms with Crippen molar-refractivity contribution in [1.82, 2.24) is 0 Å². The van der Waals surface area contributed by atoms with Gasteiger partial charge in [-0.25, -0.2) is 18.0 Å². The van der Waals surface area contributed by atoms with E-state index in [9.17, 15) is 13.6 Å². The van der Waals surface area contributed by atoms with Crippen LogP contribution in [0.15, 0.2) is 18.2 Å². The first-order chi connectivity index (χ1) is 14.4. The van der Waals surface area contributed by atoms with Gasteiger partial charge in [0.1, 0.15) is 5.82 Å². The number of unbranched alkanes of at least 4 members (excludes halogenated alkanes) is 1. The zero-order valence-electron chi connectivity index (χ0n) is 17.4. The van der Waals surface area contributed by atoms with E-state index in [1.807, 2.05) is 0 Å². The number of hydrogen-bond acceptors (Lipinski definition) is 1. The Morgan fingerprint density at radius 3 is 2.47 bits per heavy atom. The van der Waals surface area contributed by atoms with Gasteiger partial charge in [-0.1, -0.05) is 44.7 Å². The molecule has 1 N–H and O–H groups in total. The highest BCUT2D eigenvalue weighted by Crippen LogP contribution is 2.49. The number of aromatic carboxylic acids is 1. The molecule has 2 aromatic carbocycles. The molecule has 2 fully saturated rings. The maximum atomic E-state index is 15.3. The maximum Gasteiger partial charge on any atom is 0.338 e. The molecule has 4 unspecified atom stereocenters. The Hall–Kier alpha value is -2.04. The third kappa shape index (κ3) is 3.83. The lowest BCUT2D eigenvalue weighted by atomic mass is 9.63. The zero-order chi connectivity index (χ0) is 21.4. The highest BCUT2D eigenvalue weighted by molar-refractivity contribution is 5.95. The molecule has 4 rings (SSSR count). The largest absolute Gasteiger partial charge is 0.478 e. The fraction of sp³-hybridized carbons (Fsp3) is 0.560. The summed E-state index contributed by atoms with van der Waals surface area (Å²) < 4.78 is 44.0. The highest BCUT2D eigenvalue weighted by Gasteiger charge is 2.37. The first-order valence-electron chi connectivity index (χ1n) is 11.2. The standard InChI is InChI=1S/C25H29F3O2/c1-2-3-4-14-5-6-16-12-17(8-7-15(16)11-14)19-10-9-18-13-20(25(29)30)23(27)24(28)21(18)22(19)26/h9-10,13-17H,2-8,11-12H2,1H3,(H,29,30). The first-order valence-corrected chi connectivity index (χ1v) is 11.2. The summed E-state index contributed by atoms with van der Waals surface area (Å²) in [6.07, 6.45) is 10.3. The lowest BCUT2D eigenvalue weighted by molar-refractivity contribution is 0.0691. The van der Waals surface area contributed by atoms with Gasteiger partial charge in [0.05, 0.1) is 10.9 Å². The molecule has 2 aliphatic carbocycles. The van der Waals surface area contributed by atoms with Crippen molar-refractivity contribution in [1.29, 1.82) is 0 Å². The van der Waals surface area contributed by atoms with Crippen LogP contribution < -0.4 is 0 Å². The van der Waals surface area contributed by atoms with Gasteiger partial charge >= 0.3 is 5.97 Å². The molecule has 0 bridgehead atoms. The van der Waals surface area contributed by atoms with E-state index < -0.39 is 34.4 Å². The van der Waals surface area contributed by atoms with E-state index in [0.29, 0.717) is 17.4 Å². The summed E-state index contributed by atoms with van der Waals surface area (Å²) in [4.78, 5) is 11.1. The van der Waals surface area contributed by atoms with Crippen molar-refractivity contribution in [2.45, 2.75) is 70.6 Å². The third-order valence-corrected chi connectivity index (χ3v) is 7.51. The van der Waals surface area contributed by atoms with Crippen molar-refractivity contribution in [2.75, 3.05) is 0 Å². The second-order valence-electron chi connectivity index (χ2n) is 9.28. The molecule has 162 valence electrons. The van der Waals surface area contributed by atoms with Gasteiger partial charge in [-0.2, -0.15) is 0 Å². The Bertz CT molecular complexity index is 955. The summed E-state index contributed by atoms with van der Waals surface area (Å²) in [5.74, 6) is -3.11. The fourth-order valence-electron chi connectivity index (χ4n) is 5.89. The molecular weight excluding hydrogens is 389 g/mol. The second kappa shape index (κ2) is 8.60. The third-order valence-electron chi connectivity index (χ3n) is 7.51. The van der Waals surface area contributed by atoms with Crippen LogP contribution in [0, 0.1) is 35.2 Å². The molecule has 5 heteroatoms. The molecule has 0 spiro atoms. The SMILES string of the molecule is CCCCC1CCC2CC(c3ccc4cc(C(=O)O)c(F)c(F)c4c3F)CCC2C1. The smallest absolute Gasteiger partial charge is 0.338 e. The predicted octanol–water partition coefficient (Wildman–Crippen LogP) is 7.45. The van der Waals surface area contributed by atoms with E-state index in [4.69, 9.17) is 5.11 Å². The minimum atomic E-state index is -1.56. The summed E-state index contributed by atoms with van der Waals surface area (Å²) in [5.41, 5.74) is -0.331. The van der Waals surface area contributed by atoms with Crippen LogP contribution in [0.5, 0.6) is 0 Å². The van der Waals surface area contributed by atoms with Gasteiger partial charge in [-0.3, -0.25) is 0 Å². The molecule has 0 amide bonds. The molecule has 0 radical (unpaired) electrons. The summed E-state index contributed by atoms with van der Waals surface area (Å²) in [6.45, 7) is 2.23. The van der Waals surface area contributed by atoms with Crippen molar-refractivity contribution >= 4 is 16.7 Å². The fourth-order valence-corrected chi connectivity index (χ4v) is 5.89. The number of benzene rings is 2. The summed E-state index contributed by atoms with van der Waals surface area (Å²) in [7, 11) is 0. The molecule has 2 aromatic rings. The average molecular weight is 418 g/mol. The highest BCUT2D eigenvalue weighted by atomic mass is 19.2. The van der Waals surface area contributed by atoms with Crippen molar-refractivity contribution in [3.8, 4) is 0 Å². The van der Waals surface area contributed by atoms with E-state index in [2.05, 4.69) is 6.92 Å². The van der Waals surface area contributed by atoms with Crippen molar-refractivity contribution in [3.63, 3.8) is 0 Å². The van der Waals surface area contributed by atoms with Crippen LogP contribution in [0.1, 0.15) is 86.6 Å². The van der Waals surface area contributed by atoms with Crippen molar-refractivity contribution in [3.05, 3.63) is 46.8 Å². The van der Waals surface area contributed by atoms with Crippen LogP contribution in [0.2, 0.25) is 0 Å². The summed E-state index contributed by atoms with van der Waals surface area (Å²) in [6, 6.07) is 4.17. The lowest BCUT2D eigenvalue weighted by Gasteiger charge is -2.42. The number of carboxylic acid groups (broad SMARTS) is 1. The van der Waals surface area contributed by atoms with Gasteiger partial charge in [0, 0.05) is 0 Å². The number of fused-ring (bicyclic) bond motifs is 2. The molecule has 0 saturated heterocycles. The Kier molecular flexibility index (Phi) is 6.08. The number of halogens is 3. The van der Waals surface area contributed by atoms with Crippen LogP contribution in [0.4, 0.5) is 13.2 Å². The van der Waals surface area contributed by atoms with Crippen LogP contribution >= 0.6 is 0 Å². The molecule has 0 aliphatic heterocycles. The molecule has 2 saturated carbocycles. The Morgan fingerprint density at radius 2 is 1.73 bits per heavy atom. The molecule has 2 nitrogen and oxygen atoms in total. The van der Waals surface area contributed by atoms with Gasteiger partial charge in [-0.15, -0.1) is 0 Å². The molecule has 30 heavy (non-hydrogen) atoms. The normalized spacial score (nSPS) is 26.5. The monoisotopic (exact) mass is 418 g/mol. The summed E-state index contributed by atoms with van der Waals surface area (Å²) in [5, 5.41) is 8.70. The predicted molar refractivity (Wildman–Crippen MR) is 111 cm³/mol. The minimum Gasteiger partial charge on any atom is -0.478 e. The molecule has 4 atom stereocenters. The average Bonchev–Trinajstić information content (AvgIpc) is 2.74. The number of carbonyl (C=O) groups is 1. The lowest BCUT2D eigenvalue weighted by Crippen LogP contribution is -2.30. The maximum absolute atomic E-state index is 15.3. The van der Waals surface area contributed by atoms with E-state index in [0.717, 1.165) is 31.2 Å². The van der Waals surface area contributed by atoms with Gasteiger partial charge in [0.15, 0.2) is 11.6 Å². The van der Waals surface area contributed by atoms with Crippen LogP contribution in [-0.2, 0) is 0 Å². The zero-order valence-corrected chi connectivity index (χ0v) is 17.4. The number of hydrogen-bond donors (Lipinski definition) is 1. The van der Waals surface area contributed by atoms with E-state index in [-0.39, 0.29) is 11.3 Å². The first kappa shape index (κ1) is 21.2. The van der Waals surface area contributed by atoms with Gasteiger partial charge in [-0.05, 0) is 72.8 Å². The number of rotatable bonds is 5. The Labute approximate surface area is 175 Å². The van der Waals surface area contributed by atoms with Crippen molar-refractivity contribution in [2.24, 2.45) is 17.8 Å². The molecule has 2 aliphatic rings. The summed E-state index contributed by atoms with van der Waals surface area (Å²) >= 11 is 0. The van der Waals surface area contributed by atoms with E-state index in [1.54, 1.807) is 6.07 Å². The Morgan fingerprint density at radius 1 is 1.00 bits per heavy atom. The topological polar surface area (TPSA) is 37.3 Å². The van der Waals surface area contributed by atoms with Gasteiger partial charge in [0.2, 0.25) is 0 Å². The Balaban J connectivity index is 1.58. The van der Waals surface area contributed by atoms with Crippen LogP contribution in [-0.4, -0.2) is 11.1 Å². The molecular formula is C25H29F3O2. The van der Waals surface area contributed by atoms with Crippen molar-refractivity contribution < 1.29 is 23.1 Å².